The molecule has 0 aliphatic carbocycles. The summed E-state index contributed by atoms with van der Waals surface area (Å²) in [6.07, 6.45) is 1.72. The van der Waals surface area contributed by atoms with Crippen LogP contribution in [-0.2, 0) is 21.2 Å². The minimum atomic E-state index is -3.89. The SMILES string of the molecule is CC1Cc2ccccc2N1C(=O)C1CCN(S(=O)(=O)c2ccccc2F)CC1. The standard InChI is InChI=1S/C21H23FN2O3S/c1-15-14-17-6-2-4-8-19(17)24(15)21(25)16-10-12-23(13-11-16)28(26,27)20-9-5-3-7-18(20)22/h2-9,15-16H,10-14H2,1H3. The second kappa shape index (κ2) is 7.29. The van der Waals surface area contributed by atoms with Gasteiger partial charge in [-0.25, -0.2) is 12.8 Å². The highest BCUT2D eigenvalue weighted by molar-refractivity contribution is 7.89. The number of hydrogen-bond donors (Lipinski definition) is 0. The molecule has 0 spiro atoms. The molecule has 0 saturated carbocycles. The van der Waals surface area contributed by atoms with Gasteiger partial charge in [0.2, 0.25) is 15.9 Å². The van der Waals surface area contributed by atoms with E-state index in [4.69, 9.17) is 0 Å². The van der Waals surface area contributed by atoms with E-state index >= 15 is 0 Å². The molecule has 4 rings (SSSR count). The van der Waals surface area contributed by atoms with Crippen LogP contribution in [-0.4, -0.2) is 37.8 Å². The molecular formula is C21H23FN2O3S. The van der Waals surface area contributed by atoms with Gasteiger partial charge < -0.3 is 4.90 Å². The van der Waals surface area contributed by atoms with Crippen LogP contribution in [0.4, 0.5) is 10.1 Å². The summed E-state index contributed by atoms with van der Waals surface area (Å²) >= 11 is 0. The molecule has 2 aromatic carbocycles. The molecule has 1 fully saturated rings. The van der Waals surface area contributed by atoms with Crippen LogP contribution in [0.3, 0.4) is 0 Å². The number of rotatable bonds is 3. The summed E-state index contributed by atoms with van der Waals surface area (Å²) in [5.74, 6) is -0.913. The fraction of sp³-hybridized carbons (Fsp3) is 0.381. The molecule has 7 heteroatoms. The van der Waals surface area contributed by atoms with E-state index in [2.05, 4.69) is 0 Å². The number of halogens is 1. The van der Waals surface area contributed by atoms with Crippen LogP contribution in [0.5, 0.6) is 0 Å². The lowest BCUT2D eigenvalue weighted by Crippen LogP contribution is -2.46. The third-order valence-corrected chi connectivity index (χ3v) is 7.63. The summed E-state index contributed by atoms with van der Waals surface area (Å²) in [7, 11) is -3.89. The molecule has 1 saturated heterocycles. The van der Waals surface area contributed by atoms with Crippen molar-refractivity contribution in [2.24, 2.45) is 5.92 Å². The Morgan fingerprint density at radius 1 is 1.04 bits per heavy atom. The summed E-state index contributed by atoms with van der Waals surface area (Å²) in [5.41, 5.74) is 2.13. The molecule has 148 valence electrons. The van der Waals surface area contributed by atoms with Crippen molar-refractivity contribution in [3.63, 3.8) is 0 Å². The molecular weight excluding hydrogens is 379 g/mol. The van der Waals surface area contributed by atoms with Gasteiger partial charge in [0.05, 0.1) is 0 Å². The van der Waals surface area contributed by atoms with Gasteiger partial charge in [0.15, 0.2) is 0 Å². The zero-order valence-electron chi connectivity index (χ0n) is 15.7. The second-order valence-corrected chi connectivity index (χ2v) is 9.41. The number of sulfonamides is 1. The summed E-state index contributed by atoms with van der Waals surface area (Å²) < 4.78 is 40.7. The van der Waals surface area contributed by atoms with Crippen molar-refractivity contribution in [3.05, 3.63) is 59.9 Å². The number of para-hydroxylation sites is 1. The fourth-order valence-corrected chi connectivity index (χ4v) is 5.77. The largest absolute Gasteiger partial charge is 0.309 e. The molecule has 2 aliphatic rings. The molecule has 2 heterocycles. The van der Waals surface area contributed by atoms with Gasteiger partial charge >= 0.3 is 0 Å². The smallest absolute Gasteiger partial charge is 0.245 e. The van der Waals surface area contributed by atoms with E-state index in [1.165, 1.54) is 28.1 Å². The molecule has 5 nitrogen and oxygen atoms in total. The average molecular weight is 402 g/mol. The van der Waals surface area contributed by atoms with E-state index < -0.39 is 15.8 Å². The Balaban J connectivity index is 1.48. The van der Waals surface area contributed by atoms with Crippen molar-refractivity contribution in [3.8, 4) is 0 Å². The number of anilines is 1. The van der Waals surface area contributed by atoms with Crippen LogP contribution in [0.1, 0.15) is 25.3 Å². The van der Waals surface area contributed by atoms with Crippen LogP contribution in [0.2, 0.25) is 0 Å². The first kappa shape index (κ1) is 19.1. The number of amides is 1. The van der Waals surface area contributed by atoms with Gasteiger partial charge in [0, 0.05) is 30.7 Å². The van der Waals surface area contributed by atoms with Crippen molar-refractivity contribution in [2.45, 2.75) is 37.1 Å². The Bertz CT molecular complexity index is 1000. The normalized spacial score (nSPS) is 20.9. The van der Waals surface area contributed by atoms with Crippen LogP contribution in [0.25, 0.3) is 0 Å². The van der Waals surface area contributed by atoms with E-state index in [0.29, 0.717) is 12.8 Å². The van der Waals surface area contributed by atoms with Gasteiger partial charge in [0.1, 0.15) is 10.7 Å². The van der Waals surface area contributed by atoms with Gasteiger partial charge in [-0.15, -0.1) is 0 Å². The zero-order chi connectivity index (χ0) is 19.9. The maximum atomic E-state index is 14.0. The van der Waals surface area contributed by atoms with Crippen LogP contribution >= 0.6 is 0 Å². The monoisotopic (exact) mass is 402 g/mol. The van der Waals surface area contributed by atoms with Crippen molar-refractivity contribution in [1.82, 2.24) is 4.31 Å². The van der Waals surface area contributed by atoms with Crippen LogP contribution in [0.15, 0.2) is 53.4 Å². The molecule has 0 aromatic heterocycles. The lowest BCUT2D eigenvalue weighted by molar-refractivity contribution is -0.123. The molecule has 0 radical (unpaired) electrons. The van der Waals surface area contributed by atoms with Crippen LogP contribution in [0, 0.1) is 11.7 Å². The van der Waals surface area contributed by atoms with Crippen molar-refractivity contribution >= 4 is 21.6 Å². The third-order valence-electron chi connectivity index (χ3n) is 5.70. The Morgan fingerprint density at radius 2 is 1.68 bits per heavy atom. The molecule has 2 aliphatic heterocycles. The van der Waals surface area contributed by atoms with Gasteiger partial charge in [0.25, 0.3) is 0 Å². The summed E-state index contributed by atoms with van der Waals surface area (Å²) in [5, 5.41) is 0. The first-order valence-electron chi connectivity index (χ1n) is 9.55. The minimum absolute atomic E-state index is 0.0559. The highest BCUT2D eigenvalue weighted by atomic mass is 32.2. The van der Waals surface area contributed by atoms with Gasteiger partial charge in [-0.05, 0) is 49.9 Å². The van der Waals surface area contributed by atoms with Gasteiger partial charge in [-0.2, -0.15) is 4.31 Å². The van der Waals surface area contributed by atoms with Crippen LogP contribution < -0.4 is 4.90 Å². The Labute approximate surface area is 164 Å². The number of piperidine rings is 1. The molecule has 1 unspecified atom stereocenters. The van der Waals surface area contributed by atoms with E-state index in [1.807, 2.05) is 36.1 Å². The lowest BCUT2D eigenvalue weighted by atomic mass is 9.96. The summed E-state index contributed by atoms with van der Waals surface area (Å²) in [6, 6.07) is 13.4. The third kappa shape index (κ3) is 3.22. The molecule has 0 bridgehead atoms. The Kier molecular flexibility index (Phi) is 4.97. The Morgan fingerprint density at radius 3 is 2.39 bits per heavy atom. The van der Waals surface area contributed by atoms with E-state index in [1.54, 1.807) is 0 Å². The van der Waals surface area contributed by atoms with Crippen molar-refractivity contribution in [2.75, 3.05) is 18.0 Å². The zero-order valence-corrected chi connectivity index (χ0v) is 16.5. The first-order valence-corrected chi connectivity index (χ1v) is 11.0. The van der Waals surface area contributed by atoms with Gasteiger partial charge in [-0.1, -0.05) is 30.3 Å². The molecule has 0 N–H and O–H groups in total. The summed E-state index contributed by atoms with van der Waals surface area (Å²) in [4.78, 5) is 14.7. The maximum absolute atomic E-state index is 14.0. The Hall–Kier alpha value is -2.25. The quantitative estimate of drug-likeness (QED) is 0.792. The average Bonchev–Trinajstić information content (AvgIpc) is 3.03. The number of hydrogen-bond acceptors (Lipinski definition) is 3. The maximum Gasteiger partial charge on any atom is 0.245 e. The minimum Gasteiger partial charge on any atom is -0.309 e. The number of fused-ring (bicyclic) bond motifs is 1. The summed E-state index contributed by atoms with van der Waals surface area (Å²) in [6.45, 7) is 2.48. The van der Waals surface area contributed by atoms with Crippen molar-refractivity contribution in [1.29, 1.82) is 0 Å². The van der Waals surface area contributed by atoms with Gasteiger partial charge in [-0.3, -0.25) is 4.79 Å². The number of carbonyl (C=O) groups is 1. The number of benzene rings is 2. The van der Waals surface area contributed by atoms with Crippen molar-refractivity contribution < 1.29 is 17.6 Å². The highest BCUT2D eigenvalue weighted by Crippen LogP contribution is 2.35. The molecule has 1 atom stereocenters. The topological polar surface area (TPSA) is 57.7 Å². The van der Waals surface area contributed by atoms with E-state index in [0.717, 1.165) is 18.2 Å². The highest BCUT2D eigenvalue weighted by Gasteiger charge is 2.38. The van der Waals surface area contributed by atoms with E-state index in [-0.39, 0.29) is 35.9 Å². The fourth-order valence-electron chi connectivity index (χ4n) is 4.23. The predicted octanol–water partition coefficient (Wildman–Crippen LogP) is 3.20. The lowest BCUT2D eigenvalue weighted by Gasteiger charge is -2.34. The molecule has 1 amide bonds. The number of nitrogens with zero attached hydrogens (tertiary/aromatic N) is 2. The predicted molar refractivity (Wildman–Crippen MR) is 105 cm³/mol. The second-order valence-electron chi connectivity index (χ2n) is 7.50. The molecule has 28 heavy (non-hydrogen) atoms. The first-order chi connectivity index (χ1) is 13.4. The molecule has 2 aromatic rings. The van der Waals surface area contributed by atoms with E-state index in [9.17, 15) is 17.6 Å². The number of carbonyl (C=O) groups excluding carboxylic acids is 1.